The van der Waals surface area contributed by atoms with E-state index in [1.165, 1.54) is 16.0 Å². The first-order valence-corrected chi connectivity index (χ1v) is 7.16. The molecule has 0 atom stereocenters. The lowest BCUT2D eigenvalue weighted by Crippen LogP contribution is -2.14. The normalized spacial score (nSPS) is 11.7. The first-order valence-electron chi connectivity index (χ1n) is 6.35. The average Bonchev–Trinajstić information content (AvgIpc) is 2.42. The molecule has 0 bridgehead atoms. The van der Waals surface area contributed by atoms with Crippen LogP contribution in [0.2, 0.25) is 0 Å². The molecule has 0 fully saturated rings. The molecule has 0 aliphatic carbocycles. The number of aryl methyl sites for hydroxylation is 3. The highest BCUT2D eigenvalue weighted by atomic mass is 32.2. The van der Waals surface area contributed by atoms with Gasteiger partial charge in [-0.25, -0.2) is 0 Å². The number of hydrogen-bond acceptors (Lipinski definition) is 3. The van der Waals surface area contributed by atoms with Gasteiger partial charge in [0, 0.05) is 15.4 Å². The summed E-state index contributed by atoms with van der Waals surface area (Å²) in [5.41, 5.74) is 9.97. The second kappa shape index (κ2) is 6.01. The van der Waals surface area contributed by atoms with Gasteiger partial charge in [0.05, 0.1) is 0 Å². The predicted molar refractivity (Wildman–Crippen MR) is 83.7 cm³/mol. The first-order chi connectivity index (χ1) is 9.51. The minimum Gasteiger partial charge on any atom is -0.409 e. The minimum atomic E-state index is 0.144. The number of nitrogens with zero attached hydrogens (tertiary/aromatic N) is 1. The number of benzene rings is 2. The maximum Gasteiger partial charge on any atom is 0.170 e. The Labute approximate surface area is 123 Å². The van der Waals surface area contributed by atoms with Crippen molar-refractivity contribution in [3.8, 4) is 0 Å². The molecule has 0 spiro atoms. The molecule has 0 unspecified atom stereocenters. The second-order valence-electron chi connectivity index (χ2n) is 4.81. The number of hydrogen-bond donors (Lipinski definition) is 2. The molecule has 0 aromatic heterocycles. The van der Waals surface area contributed by atoms with E-state index in [2.05, 4.69) is 37.2 Å². The monoisotopic (exact) mass is 286 g/mol. The Balaban J connectivity index is 2.26. The standard InChI is InChI=1S/C16H18N2OS/c1-10-4-5-13(8-11(10)2)20-14-6-7-15(12(3)9-14)16(17)18-19/h4-9,19H,1-3H3,(H2,17,18). The number of rotatable bonds is 3. The molecule has 2 aromatic carbocycles. The van der Waals surface area contributed by atoms with E-state index in [0.717, 1.165) is 16.0 Å². The van der Waals surface area contributed by atoms with E-state index < -0.39 is 0 Å². The molecular weight excluding hydrogens is 268 g/mol. The lowest BCUT2D eigenvalue weighted by atomic mass is 10.1. The second-order valence-corrected chi connectivity index (χ2v) is 5.96. The van der Waals surface area contributed by atoms with Crippen LogP contribution < -0.4 is 5.73 Å². The zero-order valence-electron chi connectivity index (χ0n) is 11.8. The van der Waals surface area contributed by atoms with Gasteiger partial charge in [-0.2, -0.15) is 0 Å². The van der Waals surface area contributed by atoms with Gasteiger partial charge in [-0.1, -0.05) is 23.0 Å². The van der Waals surface area contributed by atoms with E-state index in [1.54, 1.807) is 11.8 Å². The van der Waals surface area contributed by atoms with Crippen molar-refractivity contribution in [1.82, 2.24) is 0 Å². The third kappa shape index (κ3) is 3.14. The predicted octanol–water partition coefficient (Wildman–Crippen LogP) is 3.86. The van der Waals surface area contributed by atoms with Gasteiger partial charge >= 0.3 is 0 Å². The minimum absolute atomic E-state index is 0.144. The van der Waals surface area contributed by atoms with Crippen LogP contribution in [0, 0.1) is 20.8 Å². The van der Waals surface area contributed by atoms with Crippen LogP contribution in [0.25, 0.3) is 0 Å². The summed E-state index contributed by atoms with van der Waals surface area (Å²) in [6.45, 7) is 6.18. The quantitative estimate of drug-likeness (QED) is 0.390. The third-order valence-corrected chi connectivity index (χ3v) is 4.27. The molecule has 3 nitrogen and oxygen atoms in total. The van der Waals surface area contributed by atoms with E-state index in [4.69, 9.17) is 10.9 Å². The molecule has 0 aliphatic rings. The molecule has 4 heteroatoms. The summed E-state index contributed by atoms with van der Waals surface area (Å²) in [5, 5.41) is 11.8. The smallest absolute Gasteiger partial charge is 0.170 e. The van der Waals surface area contributed by atoms with Gasteiger partial charge in [0.2, 0.25) is 0 Å². The molecule has 0 radical (unpaired) electrons. The Hall–Kier alpha value is -1.94. The van der Waals surface area contributed by atoms with Crippen molar-refractivity contribution >= 4 is 17.6 Å². The van der Waals surface area contributed by atoms with Crippen LogP contribution in [0.3, 0.4) is 0 Å². The fourth-order valence-electron chi connectivity index (χ4n) is 1.95. The number of amidine groups is 1. The van der Waals surface area contributed by atoms with Crippen molar-refractivity contribution in [2.75, 3.05) is 0 Å². The topological polar surface area (TPSA) is 58.6 Å². The van der Waals surface area contributed by atoms with Gasteiger partial charge in [-0.3, -0.25) is 0 Å². The van der Waals surface area contributed by atoms with Gasteiger partial charge in [-0.15, -0.1) is 0 Å². The number of nitrogens with two attached hydrogens (primary N) is 1. The molecule has 2 aromatic rings. The molecule has 0 saturated heterocycles. The summed E-state index contributed by atoms with van der Waals surface area (Å²) in [4.78, 5) is 2.35. The summed E-state index contributed by atoms with van der Waals surface area (Å²) < 4.78 is 0. The lowest BCUT2D eigenvalue weighted by Gasteiger charge is -2.08. The summed E-state index contributed by atoms with van der Waals surface area (Å²) in [7, 11) is 0. The fourth-order valence-corrected chi connectivity index (χ4v) is 2.97. The van der Waals surface area contributed by atoms with E-state index in [-0.39, 0.29) is 5.84 Å². The lowest BCUT2D eigenvalue weighted by molar-refractivity contribution is 0.318. The van der Waals surface area contributed by atoms with Crippen LogP contribution in [0.1, 0.15) is 22.3 Å². The zero-order valence-corrected chi connectivity index (χ0v) is 12.7. The Bertz CT molecular complexity index is 666. The molecular formula is C16H18N2OS. The van der Waals surface area contributed by atoms with Crippen LogP contribution >= 0.6 is 11.8 Å². The molecule has 104 valence electrons. The zero-order chi connectivity index (χ0) is 14.7. The molecule has 20 heavy (non-hydrogen) atoms. The van der Waals surface area contributed by atoms with Crippen molar-refractivity contribution < 1.29 is 5.21 Å². The number of oxime groups is 1. The summed E-state index contributed by atoms with van der Waals surface area (Å²) in [6, 6.07) is 12.4. The molecule has 0 aliphatic heterocycles. The Morgan fingerprint density at radius 3 is 2.10 bits per heavy atom. The van der Waals surface area contributed by atoms with Crippen LogP contribution in [0.4, 0.5) is 0 Å². The van der Waals surface area contributed by atoms with Crippen molar-refractivity contribution in [3.63, 3.8) is 0 Å². The largest absolute Gasteiger partial charge is 0.409 e. The van der Waals surface area contributed by atoms with Crippen molar-refractivity contribution in [2.45, 2.75) is 30.6 Å². The third-order valence-electron chi connectivity index (χ3n) is 3.30. The SMILES string of the molecule is Cc1ccc(Sc2ccc(/C(N)=N/O)c(C)c2)cc1C. The van der Waals surface area contributed by atoms with E-state index in [1.807, 2.05) is 25.1 Å². The maximum atomic E-state index is 8.73. The molecule has 0 amide bonds. The summed E-state index contributed by atoms with van der Waals surface area (Å²) >= 11 is 1.71. The van der Waals surface area contributed by atoms with Crippen molar-refractivity contribution in [3.05, 3.63) is 58.7 Å². The van der Waals surface area contributed by atoms with Crippen LogP contribution in [0.15, 0.2) is 51.3 Å². The van der Waals surface area contributed by atoms with E-state index in [9.17, 15) is 0 Å². The Kier molecular flexibility index (Phi) is 4.35. The molecule has 0 saturated carbocycles. The highest BCUT2D eigenvalue weighted by molar-refractivity contribution is 7.99. The van der Waals surface area contributed by atoms with Gasteiger partial charge in [0.15, 0.2) is 5.84 Å². The van der Waals surface area contributed by atoms with Crippen LogP contribution in [-0.2, 0) is 0 Å². The average molecular weight is 286 g/mol. The summed E-state index contributed by atoms with van der Waals surface area (Å²) in [6.07, 6.45) is 0. The van der Waals surface area contributed by atoms with Gasteiger partial charge in [-0.05, 0) is 67.8 Å². The van der Waals surface area contributed by atoms with Crippen LogP contribution in [-0.4, -0.2) is 11.0 Å². The van der Waals surface area contributed by atoms with E-state index in [0.29, 0.717) is 0 Å². The Morgan fingerprint density at radius 2 is 1.55 bits per heavy atom. The summed E-state index contributed by atoms with van der Waals surface area (Å²) in [5.74, 6) is 0.144. The molecule has 2 rings (SSSR count). The van der Waals surface area contributed by atoms with Gasteiger partial charge in [0.1, 0.15) is 0 Å². The fraction of sp³-hybridized carbons (Fsp3) is 0.188. The van der Waals surface area contributed by atoms with Crippen molar-refractivity contribution in [2.24, 2.45) is 10.9 Å². The molecule has 3 N–H and O–H groups in total. The molecule has 0 heterocycles. The van der Waals surface area contributed by atoms with Crippen molar-refractivity contribution in [1.29, 1.82) is 0 Å². The van der Waals surface area contributed by atoms with Gasteiger partial charge in [0.25, 0.3) is 0 Å². The first kappa shape index (κ1) is 14.5. The highest BCUT2D eigenvalue weighted by Crippen LogP contribution is 2.30. The Morgan fingerprint density at radius 1 is 0.950 bits per heavy atom. The van der Waals surface area contributed by atoms with Crippen LogP contribution in [0.5, 0.6) is 0 Å². The highest BCUT2D eigenvalue weighted by Gasteiger charge is 2.06. The van der Waals surface area contributed by atoms with Gasteiger partial charge < -0.3 is 10.9 Å². The maximum absolute atomic E-state index is 8.73. The van der Waals surface area contributed by atoms with E-state index >= 15 is 0 Å².